The Hall–Kier alpha value is -1.27. The van der Waals surface area contributed by atoms with Crippen LogP contribution >= 0.6 is 0 Å². The Morgan fingerprint density at radius 1 is 1.24 bits per heavy atom. The summed E-state index contributed by atoms with van der Waals surface area (Å²) in [7, 11) is 0. The van der Waals surface area contributed by atoms with Gasteiger partial charge in [0.1, 0.15) is 0 Å². The molecule has 17 heavy (non-hydrogen) atoms. The van der Waals surface area contributed by atoms with E-state index in [0.717, 1.165) is 0 Å². The number of halogens is 3. The highest BCUT2D eigenvalue weighted by molar-refractivity contribution is 5.82. The van der Waals surface area contributed by atoms with Crippen molar-refractivity contribution < 1.29 is 27.9 Å². The molecule has 96 valence electrons. The van der Waals surface area contributed by atoms with Gasteiger partial charge in [0.25, 0.3) is 0 Å². The zero-order chi connectivity index (χ0) is 12.8. The molecule has 2 aliphatic carbocycles. The molecule has 0 heterocycles. The fourth-order valence-corrected chi connectivity index (χ4v) is 2.97. The Morgan fingerprint density at radius 2 is 1.82 bits per heavy atom. The summed E-state index contributed by atoms with van der Waals surface area (Å²) in [6.45, 7) is 0. The third-order valence-electron chi connectivity index (χ3n) is 4.00. The first-order valence-electron chi connectivity index (χ1n) is 5.38. The number of nitrogens with one attached hydrogen (secondary N) is 1. The summed E-state index contributed by atoms with van der Waals surface area (Å²) in [4.78, 5) is 21.9. The quantitative estimate of drug-likeness (QED) is 0.777. The molecule has 4 nitrogen and oxygen atoms in total. The van der Waals surface area contributed by atoms with Crippen LogP contribution in [-0.2, 0) is 9.59 Å². The van der Waals surface area contributed by atoms with Crippen molar-refractivity contribution in [3.05, 3.63) is 0 Å². The van der Waals surface area contributed by atoms with E-state index in [4.69, 9.17) is 5.11 Å². The number of rotatable bonds is 2. The lowest BCUT2D eigenvalue weighted by Crippen LogP contribution is -2.52. The highest BCUT2D eigenvalue weighted by Gasteiger charge is 2.60. The van der Waals surface area contributed by atoms with Crippen LogP contribution in [-0.4, -0.2) is 29.2 Å². The van der Waals surface area contributed by atoms with Crippen LogP contribution in [0.5, 0.6) is 0 Å². The molecular formula is C10H12F3NO3. The first-order valence-corrected chi connectivity index (χ1v) is 5.38. The van der Waals surface area contributed by atoms with Gasteiger partial charge < -0.3 is 10.4 Å². The molecular weight excluding hydrogens is 239 g/mol. The number of fused-ring (bicyclic) bond motifs is 1. The van der Waals surface area contributed by atoms with Crippen LogP contribution < -0.4 is 5.32 Å². The van der Waals surface area contributed by atoms with Crippen molar-refractivity contribution in [1.82, 2.24) is 5.32 Å². The van der Waals surface area contributed by atoms with Crippen molar-refractivity contribution in [3.63, 3.8) is 0 Å². The van der Waals surface area contributed by atoms with Crippen LogP contribution in [0.3, 0.4) is 0 Å². The first-order chi connectivity index (χ1) is 7.77. The smallest absolute Gasteiger partial charge is 0.471 e. The van der Waals surface area contributed by atoms with Gasteiger partial charge in [-0.3, -0.25) is 9.59 Å². The number of hydrogen-bond acceptors (Lipinski definition) is 2. The predicted octanol–water partition coefficient (Wildman–Crippen LogP) is 1.31. The summed E-state index contributed by atoms with van der Waals surface area (Å²) in [6, 6.07) is -0.658. The molecule has 2 fully saturated rings. The number of amides is 1. The highest BCUT2D eigenvalue weighted by atomic mass is 19.4. The monoisotopic (exact) mass is 251 g/mol. The van der Waals surface area contributed by atoms with E-state index in [1.165, 1.54) is 0 Å². The van der Waals surface area contributed by atoms with Gasteiger partial charge in [-0.15, -0.1) is 0 Å². The molecule has 0 bridgehead atoms. The summed E-state index contributed by atoms with van der Waals surface area (Å²) >= 11 is 0. The molecule has 0 aliphatic heterocycles. The summed E-state index contributed by atoms with van der Waals surface area (Å²) in [6.07, 6.45) is -3.20. The lowest BCUT2D eigenvalue weighted by molar-refractivity contribution is -0.175. The van der Waals surface area contributed by atoms with Gasteiger partial charge in [0.15, 0.2) is 0 Å². The molecule has 0 aromatic carbocycles. The number of alkyl halides is 3. The van der Waals surface area contributed by atoms with E-state index in [1.54, 1.807) is 0 Å². The molecule has 2 saturated carbocycles. The fourth-order valence-electron chi connectivity index (χ4n) is 2.97. The fraction of sp³-hybridized carbons (Fsp3) is 0.800. The molecule has 0 saturated heterocycles. The molecule has 0 aromatic rings. The van der Waals surface area contributed by atoms with Gasteiger partial charge in [-0.1, -0.05) is 0 Å². The van der Waals surface area contributed by atoms with Crippen molar-refractivity contribution >= 4 is 11.9 Å². The number of hydrogen-bond donors (Lipinski definition) is 2. The maximum absolute atomic E-state index is 12.1. The maximum atomic E-state index is 12.1. The van der Waals surface area contributed by atoms with Gasteiger partial charge in [-0.2, -0.15) is 13.2 Å². The van der Waals surface area contributed by atoms with E-state index >= 15 is 0 Å². The third kappa shape index (κ3) is 1.77. The van der Waals surface area contributed by atoms with E-state index < -0.39 is 29.5 Å². The van der Waals surface area contributed by atoms with Crippen molar-refractivity contribution in [1.29, 1.82) is 0 Å². The Bertz CT molecular complexity index is 368. The molecule has 0 spiro atoms. The Kier molecular flexibility index (Phi) is 2.59. The zero-order valence-electron chi connectivity index (χ0n) is 8.88. The second-order valence-electron chi connectivity index (χ2n) is 4.72. The SMILES string of the molecule is O=C(N[C@@H]1CC[C@@]2(C(=O)O)CC[C@@H]12)C(F)(F)F. The van der Waals surface area contributed by atoms with E-state index in [2.05, 4.69) is 0 Å². The second kappa shape index (κ2) is 3.61. The molecule has 7 heteroatoms. The lowest BCUT2D eigenvalue weighted by atomic mass is 9.61. The summed E-state index contributed by atoms with van der Waals surface area (Å²) in [5.41, 5.74) is -0.899. The van der Waals surface area contributed by atoms with E-state index in [0.29, 0.717) is 25.7 Å². The van der Waals surface area contributed by atoms with Crippen LogP contribution in [0.15, 0.2) is 0 Å². The summed E-state index contributed by atoms with van der Waals surface area (Å²) < 4.78 is 36.2. The predicted molar refractivity (Wildman–Crippen MR) is 50.0 cm³/mol. The summed E-state index contributed by atoms with van der Waals surface area (Å²) in [5.74, 6) is -3.29. The summed E-state index contributed by atoms with van der Waals surface area (Å²) in [5, 5.41) is 11.0. The van der Waals surface area contributed by atoms with Crippen LogP contribution in [0.2, 0.25) is 0 Å². The number of carbonyl (C=O) groups excluding carboxylic acids is 1. The average molecular weight is 251 g/mol. The van der Waals surface area contributed by atoms with Crippen LogP contribution in [0, 0.1) is 11.3 Å². The number of aliphatic carboxylic acids is 1. The first kappa shape index (κ1) is 12.2. The van der Waals surface area contributed by atoms with Gasteiger partial charge in [-0.05, 0) is 31.6 Å². The number of carboxylic acids is 1. The topological polar surface area (TPSA) is 66.4 Å². The van der Waals surface area contributed by atoms with Gasteiger partial charge in [0, 0.05) is 6.04 Å². The van der Waals surface area contributed by atoms with Gasteiger partial charge >= 0.3 is 18.1 Å². The second-order valence-corrected chi connectivity index (χ2v) is 4.72. The van der Waals surface area contributed by atoms with Crippen LogP contribution in [0.1, 0.15) is 25.7 Å². The molecule has 0 aromatic heterocycles. The highest BCUT2D eigenvalue weighted by Crippen LogP contribution is 2.57. The molecule has 1 amide bonds. The molecule has 0 radical (unpaired) electrons. The Labute approximate surface area is 95.2 Å². The number of carboxylic acid groups (broad SMARTS) is 1. The van der Waals surface area contributed by atoms with E-state index in [9.17, 15) is 22.8 Å². The zero-order valence-corrected chi connectivity index (χ0v) is 8.88. The number of carbonyl (C=O) groups is 2. The lowest BCUT2D eigenvalue weighted by Gasteiger charge is -2.43. The van der Waals surface area contributed by atoms with Crippen molar-refractivity contribution in [3.8, 4) is 0 Å². The molecule has 2 N–H and O–H groups in total. The molecule has 2 aliphatic rings. The molecule has 2 rings (SSSR count). The normalized spacial score (nSPS) is 35.9. The van der Waals surface area contributed by atoms with E-state index in [-0.39, 0.29) is 5.92 Å². The minimum Gasteiger partial charge on any atom is -0.481 e. The minimum atomic E-state index is -4.90. The minimum absolute atomic E-state index is 0.304. The van der Waals surface area contributed by atoms with Crippen molar-refractivity contribution in [2.24, 2.45) is 11.3 Å². The van der Waals surface area contributed by atoms with Crippen LogP contribution in [0.4, 0.5) is 13.2 Å². The maximum Gasteiger partial charge on any atom is 0.471 e. The Balaban J connectivity index is 2.03. The largest absolute Gasteiger partial charge is 0.481 e. The van der Waals surface area contributed by atoms with Gasteiger partial charge in [0.05, 0.1) is 5.41 Å². The van der Waals surface area contributed by atoms with E-state index in [1.807, 2.05) is 5.32 Å². The van der Waals surface area contributed by atoms with Gasteiger partial charge in [0.2, 0.25) is 0 Å². The molecule has 0 unspecified atom stereocenters. The standard InChI is InChI=1S/C10H12F3NO3/c11-10(12,13)7(15)14-6-2-4-9(8(16)17)3-1-5(6)9/h5-6H,1-4H2,(H,14,15)(H,16,17)/t5-,6+,9-/m0/s1. The van der Waals surface area contributed by atoms with Gasteiger partial charge in [-0.25, -0.2) is 0 Å². The Morgan fingerprint density at radius 3 is 2.18 bits per heavy atom. The third-order valence-corrected chi connectivity index (χ3v) is 4.00. The van der Waals surface area contributed by atoms with Crippen molar-refractivity contribution in [2.45, 2.75) is 37.9 Å². The average Bonchev–Trinajstić information content (AvgIpc) is 2.36. The van der Waals surface area contributed by atoms with Crippen LogP contribution in [0.25, 0.3) is 0 Å². The van der Waals surface area contributed by atoms with Crippen molar-refractivity contribution in [2.75, 3.05) is 0 Å². The molecule has 3 atom stereocenters.